The predicted octanol–water partition coefficient (Wildman–Crippen LogP) is 2.08. The Kier molecular flexibility index (Phi) is 2.17. The Labute approximate surface area is 66.6 Å². The zero-order chi connectivity index (χ0) is 8.43. The van der Waals surface area contributed by atoms with Gasteiger partial charge in [-0.25, -0.2) is 0 Å². The van der Waals surface area contributed by atoms with E-state index < -0.39 is 0 Å². The second kappa shape index (κ2) is 2.95. The van der Waals surface area contributed by atoms with Gasteiger partial charge in [0.05, 0.1) is 5.69 Å². The van der Waals surface area contributed by atoms with E-state index in [2.05, 4.69) is 19.0 Å². The number of hydrogen-bond donors (Lipinski definition) is 1. The van der Waals surface area contributed by atoms with Gasteiger partial charge in [-0.1, -0.05) is 19.0 Å². The summed E-state index contributed by atoms with van der Waals surface area (Å²) in [5, 5.41) is 3.89. The van der Waals surface area contributed by atoms with E-state index in [0.717, 1.165) is 17.7 Å². The first-order chi connectivity index (χ1) is 5.16. The highest BCUT2D eigenvalue weighted by molar-refractivity contribution is 5.38. The zero-order valence-electron chi connectivity index (χ0n) is 7.22. The molecule has 1 aromatic rings. The summed E-state index contributed by atoms with van der Waals surface area (Å²) in [5.74, 6) is 0.886. The molecule has 0 saturated heterocycles. The second-order valence-electron chi connectivity index (χ2n) is 2.87. The van der Waals surface area contributed by atoms with Gasteiger partial charge in [0.15, 0.2) is 0 Å². The van der Waals surface area contributed by atoms with E-state index in [1.54, 1.807) is 0 Å². The lowest BCUT2D eigenvalue weighted by molar-refractivity contribution is 0.421. The SMILES string of the molecule is CCC(C)c1noc(N)c1C. The molecule has 1 unspecified atom stereocenters. The molecule has 1 aromatic heterocycles. The molecule has 0 bridgehead atoms. The zero-order valence-corrected chi connectivity index (χ0v) is 7.22. The van der Waals surface area contributed by atoms with Crippen LogP contribution in [0.15, 0.2) is 4.52 Å². The number of rotatable bonds is 2. The van der Waals surface area contributed by atoms with Crippen molar-refractivity contribution in [2.24, 2.45) is 0 Å². The largest absolute Gasteiger partial charge is 0.367 e. The predicted molar refractivity (Wildman–Crippen MR) is 44.4 cm³/mol. The van der Waals surface area contributed by atoms with Crippen LogP contribution in [0.1, 0.15) is 37.4 Å². The van der Waals surface area contributed by atoms with Crippen LogP contribution in [0, 0.1) is 6.92 Å². The molecule has 0 aliphatic carbocycles. The minimum atomic E-state index is 0.441. The van der Waals surface area contributed by atoms with Crippen molar-refractivity contribution in [1.29, 1.82) is 0 Å². The minimum absolute atomic E-state index is 0.441. The number of nitrogens with two attached hydrogens (primary N) is 1. The molecule has 0 amide bonds. The fraction of sp³-hybridized carbons (Fsp3) is 0.625. The van der Waals surface area contributed by atoms with Crippen molar-refractivity contribution in [2.75, 3.05) is 5.73 Å². The molecule has 2 N–H and O–H groups in total. The maximum Gasteiger partial charge on any atom is 0.225 e. The van der Waals surface area contributed by atoms with Crippen LogP contribution in [-0.2, 0) is 0 Å². The van der Waals surface area contributed by atoms with Crippen LogP contribution in [0.4, 0.5) is 5.88 Å². The van der Waals surface area contributed by atoms with Crippen LogP contribution in [0.2, 0.25) is 0 Å². The van der Waals surface area contributed by atoms with Gasteiger partial charge in [-0.3, -0.25) is 0 Å². The molecule has 0 fully saturated rings. The lowest BCUT2D eigenvalue weighted by Crippen LogP contribution is -1.94. The third kappa shape index (κ3) is 1.37. The summed E-state index contributed by atoms with van der Waals surface area (Å²) in [4.78, 5) is 0. The Bertz CT molecular complexity index is 242. The van der Waals surface area contributed by atoms with E-state index in [4.69, 9.17) is 10.3 Å². The third-order valence-electron chi connectivity index (χ3n) is 2.08. The fourth-order valence-corrected chi connectivity index (χ4v) is 1.01. The van der Waals surface area contributed by atoms with Gasteiger partial charge in [0.1, 0.15) is 0 Å². The number of nitrogens with zero attached hydrogens (tertiary/aromatic N) is 1. The standard InChI is InChI=1S/C8H14N2O/c1-4-5(2)7-6(3)8(9)11-10-7/h5H,4,9H2,1-3H3. The normalized spacial score (nSPS) is 13.4. The first-order valence-corrected chi connectivity index (χ1v) is 3.88. The fourth-order valence-electron chi connectivity index (χ4n) is 1.01. The highest BCUT2D eigenvalue weighted by Crippen LogP contribution is 2.24. The van der Waals surface area contributed by atoms with Crippen LogP contribution in [0.3, 0.4) is 0 Å². The van der Waals surface area contributed by atoms with Crippen molar-refractivity contribution >= 4 is 5.88 Å². The van der Waals surface area contributed by atoms with Crippen LogP contribution in [-0.4, -0.2) is 5.16 Å². The maximum absolute atomic E-state index is 5.50. The van der Waals surface area contributed by atoms with E-state index in [9.17, 15) is 0 Å². The third-order valence-corrected chi connectivity index (χ3v) is 2.08. The van der Waals surface area contributed by atoms with Gasteiger partial charge in [0.25, 0.3) is 0 Å². The molecule has 3 nitrogen and oxygen atoms in total. The van der Waals surface area contributed by atoms with E-state index >= 15 is 0 Å². The molecule has 0 aliphatic heterocycles. The molecular weight excluding hydrogens is 140 g/mol. The van der Waals surface area contributed by atoms with Crippen LogP contribution >= 0.6 is 0 Å². The Morgan fingerprint density at radius 3 is 2.64 bits per heavy atom. The maximum atomic E-state index is 5.50. The molecule has 0 spiro atoms. The first-order valence-electron chi connectivity index (χ1n) is 3.88. The molecule has 0 aliphatic rings. The van der Waals surface area contributed by atoms with Gasteiger partial charge in [0.2, 0.25) is 5.88 Å². The van der Waals surface area contributed by atoms with Crippen molar-refractivity contribution < 1.29 is 4.52 Å². The molecular formula is C8H14N2O. The summed E-state index contributed by atoms with van der Waals surface area (Å²) in [7, 11) is 0. The highest BCUT2D eigenvalue weighted by Gasteiger charge is 2.13. The molecule has 1 atom stereocenters. The molecule has 0 radical (unpaired) electrons. The van der Waals surface area contributed by atoms with Crippen LogP contribution in [0.5, 0.6) is 0 Å². The topological polar surface area (TPSA) is 52.0 Å². The van der Waals surface area contributed by atoms with Gasteiger partial charge in [0, 0.05) is 11.5 Å². The van der Waals surface area contributed by atoms with E-state index in [1.807, 2.05) is 6.92 Å². The van der Waals surface area contributed by atoms with E-state index in [0.29, 0.717) is 11.8 Å². The Hall–Kier alpha value is -0.990. The highest BCUT2D eigenvalue weighted by atomic mass is 16.5. The van der Waals surface area contributed by atoms with Crippen molar-refractivity contribution in [1.82, 2.24) is 5.16 Å². The van der Waals surface area contributed by atoms with Gasteiger partial charge >= 0.3 is 0 Å². The summed E-state index contributed by atoms with van der Waals surface area (Å²) in [6.07, 6.45) is 1.06. The molecule has 0 aromatic carbocycles. The van der Waals surface area contributed by atoms with Crippen LogP contribution in [0.25, 0.3) is 0 Å². The number of anilines is 1. The lowest BCUT2D eigenvalue weighted by atomic mass is 10.0. The average Bonchev–Trinajstić information content (AvgIpc) is 2.32. The molecule has 1 rings (SSSR count). The molecule has 11 heavy (non-hydrogen) atoms. The van der Waals surface area contributed by atoms with Crippen LogP contribution < -0.4 is 5.73 Å². The monoisotopic (exact) mass is 154 g/mol. The van der Waals surface area contributed by atoms with Crippen molar-refractivity contribution in [2.45, 2.75) is 33.1 Å². The summed E-state index contributed by atoms with van der Waals surface area (Å²) in [6, 6.07) is 0. The van der Waals surface area contributed by atoms with Gasteiger partial charge < -0.3 is 10.3 Å². The summed E-state index contributed by atoms with van der Waals surface area (Å²) in [5.41, 5.74) is 7.48. The summed E-state index contributed by atoms with van der Waals surface area (Å²) in [6.45, 7) is 6.17. The number of aromatic nitrogens is 1. The van der Waals surface area contributed by atoms with Crippen molar-refractivity contribution in [3.8, 4) is 0 Å². The second-order valence-corrected chi connectivity index (χ2v) is 2.87. The molecule has 1 heterocycles. The quantitative estimate of drug-likeness (QED) is 0.709. The summed E-state index contributed by atoms with van der Waals surface area (Å²) < 4.78 is 4.85. The smallest absolute Gasteiger partial charge is 0.225 e. The van der Waals surface area contributed by atoms with Gasteiger partial charge in [-0.2, -0.15) is 0 Å². The Balaban J connectivity index is 2.94. The summed E-state index contributed by atoms with van der Waals surface area (Å²) >= 11 is 0. The van der Waals surface area contributed by atoms with Gasteiger partial charge in [-0.15, -0.1) is 0 Å². The van der Waals surface area contributed by atoms with Gasteiger partial charge in [-0.05, 0) is 13.3 Å². The van der Waals surface area contributed by atoms with Crippen molar-refractivity contribution in [3.63, 3.8) is 0 Å². The Morgan fingerprint density at radius 2 is 2.27 bits per heavy atom. The van der Waals surface area contributed by atoms with Crippen molar-refractivity contribution in [3.05, 3.63) is 11.3 Å². The van der Waals surface area contributed by atoms with E-state index in [1.165, 1.54) is 0 Å². The Morgan fingerprint density at radius 1 is 1.64 bits per heavy atom. The molecule has 0 saturated carbocycles. The number of nitrogen functional groups attached to an aromatic ring is 1. The van der Waals surface area contributed by atoms with E-state index in [-0.39, 0.29) is 0 Å². The minimum Gasteiger partial charge on any atom is -0.367 e. The molecule has 62 valence electrons. The number of hydrogen-bond acceptors (Lipinski definition) is 3. The average molecular weight is 154 g/mol. The lowest BCUT2D eigenvalue weighted by Gasteiger charge is -2.02. The molecule has 3 heteroatoms. The first kappa shape index (κ1) is 8.11.